The second-order valence-corrected chi connectivity index (χ2v) is 11.3. The van der Waals surface area contributed by atoms with Crippen molar-refractivity contribution in [2.45, 2.75) is 69.6 Å². The van der Waals surface area contributed by atoms with Gasteiger partial charge in [-0.15, -0.1) is 0 Å². The van der Waals surface area contributed by atoms with Crippen LogP contribution in [0.4, 0.5) is 0 Å². The average molecular weight is 515 g/mol. The highest BCUT2D eigenvalue weighted by Crippen LogP contribution is 2.59. The number of esters is 1. The molecule has 0 heterocycles. The Hall–Kier alpha value is -3.65. The third-order valence-corrected chi connectivity index (χ3v) is 9.35. The van der Waals surface area contributed by atoms with E-state index in [1.807, 2.05) is 6.92 Å². The van der Waals surface area contributed by atoms with Gasteiger partial charge in [0.25, 0.3) is 0 Å². The summed E-state index contributed by atoms with van der Waals surface area (Å²) in [6, 6.07) is 35.8. The first-order valence-corrected chi connectivity index (χ1v) is 14.7. The Bertz CT molecular complexity index is 1410. The van der Waals surface area contributed by atoms with Gasteiger partial charge < -0.3 is 4.74 Å². The SMILES string of the molecule is CCCCC1(CCC2(CCC(=O)OCC)c3ccccc3-c3ccccc32)c2ccccc2-c2ccccc21. The maximum absolute atomic E-state index is 12.7. The van der Waals surface area contributed by atoms with Crippen molar-refractivity contribution < 1.29 is 9.53 Å². The molecular formula is C37H38O2. The van der Waals surface area contributed by atoms with E-state index in [0.29, 0.717) is 13.0 Å². The Morgan fingerprint density at radius 2 is 0.949 bits per heavy atom. The van der Waals surface area contributed by atoms with Crippen LogP contribution in [0.2, 0.25) is 0 Å². The highest BCUT2D eigenvalue weighted by molar-refractivity contribution is 5.83. The summed E-state index contributed by atoms with van der Waals surface area (Å²) in [6.45, 7) is 4.61. The first kappa shape index (κ1) is 25.6. The van der Waals surface area contributed by atoms with Crippen molar-refractivity contribution in [2.24, 2.45) is 0 Å². The van der Waals surface area contributed by atoms with Crippen LogP contribution < -0.4 is 0 Å². The fourth-order valence-electron chi connectivity index (χ4n) is 7.61. The molecule has 0 aromatic heterocycles. The van der Waals surface area contributed by atoms with Crippen LogP contribution in [-0.2, 0) is 20.4 Å². The summed E-state index contributed by atoms with van der Waals surface area (Å²) in [6.07, 6.45) is 6.68. The second-order valence-electron chi connectivity index (χ2n) is 11.3. The molecule has 0 saturated heterocycles. The average Bonchev–Trinajstić information content (AvgIpc) is 3.42. The van der Waals surface area contributed by atoms with Crippen LogP contribution in [-0.4, -0.2) is 12.6 Å². The monoisotopic (exact) mass is 514 g/mol. The maximum Gasteiger partial charge on any atom is 0.305 e. The molecule has 6 rings (SSSR count). The van der Waals surface area contributed by atoms with Crippen molar-refractivity contribution in [1.29, 1.82) is 0 Å². The van der Waals surface area contributed by atoms with E-state index in [0.717, 1.165) is 25.7 Å². The number of hydrogen-bond donors (Lipinski definition) is 0. The molecule has 198 valence electrons. The molecule has 0 atom stereocenters. The molecule has 4 aromatic carbocycles. The number of carbonyl (C=O) groups is 1. The van der Waals surface area contributed by atoms with Crippen LogP contribution in [0.5, 0.6) is 0 Å². The number of hydrogen-bond acceptors (Lipinski definition) is 2. The van der Waals surface area contributed by atoms with E-state index in [9.17, 15) is 4.79 Å². The highest BCUT2D eigenvalue weighted by atomic mass is 16.5. The molecule has 2 aliphatic carbocycles. The molecule has 0 amide bonds. The molecular weight excluding hydrogens is 476 g/mol. The molecule has 0 radical (unpaired) electrons. The van der Waals surface area contributed by atoms with Crippen LogP contribution in [0.3, 0.4) is 0 Å². The van der Waals surface area contributed by atoms with Gasteiger partial charge >= 0.3 is 5.97 Å². The van der Waals surface area contributed by atoms with Crippen molar-refractivity contribution in [2.75, 3.05) is 6.61 Å². The van der Waals surface area contributed by atoms with E-state index >= 15 is 0 Å². The molecule has 0 aliphatic heterocycles. The lowest BCUT2D eigenvalue weighted by atomic mass is 9.64. The van der Waals surface area contributed by atoms with Crippen molar-refractivity contribution in [3.8, 4) is 22.3 Å². The van der Waals surface area contributed by atoms with Gasteiger partial charge in [-0.3, -0.25) is 4.79 Å². The van der Waals surface area contributed by atoms with Gasteiger partial charge in [-0.05, 0) is 77.1 Å². The normalized spacial score (nSPS) is 15.2. The van der Waals surface area contributed by atoms with Gasteiger partial charge in [0.1, 0.15) is 0 Å². The van der Waals surface area contributed by atoms with E-state index < -0.39 is 0 Å². The first-order chi connectivity index (χ1) is 19.1. The standard InChI is InChI=1S/C37H38O2/c1-3-5-23-36(31-18-10-6-14-27(31)28-15-7-11-19-32(28)36)25-26-37(24-22-35(38)39-4-2)33-20-12-8-16-29(33)30-17-9-13-21-34(30)37/h6-21H,3-5,22-26H2,1-2H3. The molecule has 0 unspecified atom stereocenters. The topological polar surface area (TPSA) is 26.3 Å². The van der Waals surface area contributed by atoms with Gasteiger partial charge in [-0.1, -0.05) is 117 Å². The Kier molecular flexibility index (Phi) is 6.89. The number of unbranched alkanes of at least 4 members (excludes halogenated alkanes) is 1. The smallest absolute Gasteiger partial charge is 0.305 e. The zero-order valence-corrected chi connectivity index (χ0v) is 23.2. The van der Waals surface area contributed by atoms with Crippen LogP contribution in [0.25, 0.3) is 22.3 Å². The lowest BCUT2D eigenvalue weighted by Crippen LogP contribution is -2.33. The quantitative estimate of drug-likeness (QED) is 0.197. The number of carbonyl (C=O) groups excluding carboxylic acids is 1. The largest absolute Gasteiger partial charge is 0.466 e. The molecule has 0 saturated carbocycles. The van der Waals surface area contributed by atoms with Crippen molar-refractivity contribution in [3.63, 3.8) is 0 Å². The molecule has 0 spiro atoms. The highest BCUT2D eigenvalue weighted by Gasteiger charge is 2.48. The van der Waals surface area contributed by atoms with Gasteiger partial charge in [0, 0.05) is 17.3 Å². The van der Waals surface area contributed by atoms with Gasteiger partial charge in [0.05, 0.1) is 6.61 Å². The summed E-state index contributed by atoms with van der Waals surface area (Å²) < 4.78 is 5.43. The van der Waals surface area contributed by atoms with Crippen LogP contribution >= 0.6 is 0 Å². The minimum absolute atomic E-state index is 0.0351. The Morgan fingerprint density at radius 3 is 1.33 bits per heavy atom. The maximum atomic E-state index is 12.7. The Morgan fingerprint density at radius 1 is 0.564 bits per heavy atom. The number of fused-ring (bicyclic) bond motifs is 6. The van der Waals surface area contributed by atoms with Gasteiger partial charge in [-0.25, -0.2) is 0 Å². The molecule has 4 aromatic rings. The lowest BCUT2D eigenvalue weighted by Gasteiger charge is -2.39. The van der Waals surface area contributed by atoms with Crippen molar-refractivity contribution in [3.05, 3.63) is 119 Å². The summed E-state index contributed by atoms with van der Waals surface area (Å²) in [5, 5.41) is 0. The summed E-state index contributed by atoms with van der Waals surface area (Å²) >= 11 is 0. The van der Waals surface area contributed by atoms with E-state index in [1.165, 1.54) is 57.3 Å². The minimum atomic E-state index is -0.231. The molecule has 2 nitrogen and oxygen atoms in total. The second kappa shape index (κ2) is 10.5. The molecule has 2 heteroatoms. The van der Waals surface area contributed by atoms with E-state index in [4.69, 9.17) is 4.74 Å². The van der Waals surface area contributed by atoms with Crippen LogP contribution in [0.1, 0.15) is 81.0 Å². The van der Waals surface area contributed by atoms with Crippen LogP contribution in [0, 0.1) is 0 Å². The summed E-state index contributed by atoms with van der Waals surface area (Å²) in [4.78, 5) is 12.7. The van der Waals surface area contributed by atoms with E-state index in [1.54, 1.807) is 0 Å². The minimum Gasteiger partial charge on any atom is -0.466 e. The molecule has 0 fully saturated rings. The molecule has 39 heavy (non-hydrogen) atoms. The summed E-state index contributed by atoms with van der Waals surface area (Å²) in [5.74, 6) is -0.101. The lowest BCUT2D eigenvalue weighted by molar-refractivity contribution is -0.143. The predicted molar refractivity (Wildman–Crippen MR) is 160 cm³/mol. The fraction of sp³-hybridized carbons (Fsp3) is 0.324. The molecule has 0 N–H and O–H groups in total. The predicted octanol–water partition coefficient (Wildman–Crippen LogP) is 9.23. The summed E-state index contributed by atoms with van der Waals surface area (Å²) in [5.41, 5.74) is 10.8. The zero-order valence-electron chi connectivity index (χ0n) is 23.2. The van der Waals surface area contributed by atoms with Gasteiger partial charge in [0.2, 0.25) is 0 Å². The Balaban J connectivity index is 1.48. The third kappa shape index (κ3) is 4.13. The van der Waals surface area contributed by atoms with Gasteiger partial charge in [0.15, 0.2) is 0 Å². The third-order valence-electron chi connectivity index (χ3n) is 9.35. The molecule has 2 aliphatic rings. The number of benzene rings is 4. The van der Waals surface area contributed by atoms with E-state index in [2.05, 4.69) is 104 Å². The summed E-state index contributed by atoms with van der Waals surface area (Å²) in [7, 11) is 0. The zero-order chi connectivity index (χ0) is 26.9. The molecule has 0 bridgehead atoms. The number of rotatable bonds is 10. The number of ether oxygens (including phenoxy) is 1. The first-order valence-electron chi connectivity index (χ1n) is 14.7. The van der Waals surface area contributed by atoms with Crippen molar-refractivity contribution >= 4 is 5.97 Å². The van der Waals surface area contributed by atoms with Gasteiger partial charge in [-0.2, -0.15) is 0 Å². The Labute approximate surface area is 233 Å². The van der Waals surface area contributed by atoms with Crippen molar-refractivity contribution in [1.82, 2.24) is 0 Å². The van der Waals surface area contributed by atoms with E-state index in [-0.39, 0.29) is 16.8 Å². The van der Waals surface area contributed by atoms with Crippen LogP contribution in [0.15, 0.2) is 97.1 Å². The fourth-order valence-corrected chi connectivity index (χ4v) is 7.61.